The second-order valence-electron chi connectivity index (χ2n) is 3.55. The molecule has 0 bridgehead atoms. The van der Waals surface area contributed by atoms with Crippen LogP contribution in [0.2, 0.25) is 0 Å². The number of rotatable bonds is 4. The van der Waals surface area contributed by atoms with Gasteiger partial charge in [0.2, 0.25) is 0 Å². The van der Waals surface area contributed by atoms with Gasteiger partial charge in [-0.1, -0.05) is 5.11 Å². The van der Waals surface area contributed by atoms with Crippen LogP contribution < -0.4 is 0 Å². The van der Waals surface area contributed by atoms with E-state index in [9.17, 15) is 19.0 Å². The van der Waals surface area contributed by atoms with Gasteiger partial charge in [0.1, 0.15) is 17.7 Å². The normalized spacial score (nSPS) is 13.9. The summed E-state index contributed by atoms with van der Waals surface area (Å²) in [5.41, 5.74) is 7.96. The van der Waals surface area contributed by atoms with E-state index >= 15 is 0 Å². The lowest BCUT2D eigenvalue weighted by Crippen LogP contribution is -2.22. The molecule has 0 amide bonds. The van der Waals surface area contributed by atoms with Crippen molar-refractivity contribution in [1.82, 2.24) is 0 Å². The SMILES string of the molecule is Cc1cc(C(O)C(O)CN=[N+]=[N-])c(F)cc1F. The van der Waals surface area contributed by atoms with Gasteiger partial charge in [-0.05, 0) is 24.1 Å². The van der Waals surface area contributed by atoms with Crippen LogP contribution in [0.3, 0.4) is 0 Å². The van der Waals surface area contributed by atoms with Crippen LogP contribution in [0, 0.1) is 18.6 Å². The van der Waals surface area contributed by atoms with Crippen LogP contribution in [0.5, 0.6) is 0 Å². The summed E-state index contributed by atoms with van der Waals surface area (Å²) in [5, 5.41) is 22.1. The van der Waals surface area contributed by atoms with Gasteiger partial charge in [0, 0.05) is 16.5 Å². The van der Waals surface area contributed by atoms with E-state index in [1.165, 1.54) is 6.92 Å². The number of aliphatic hydroxyl groups is 2. The number of azide groups is 1. The molecule has 2 N–H and O–H groups in total. The Hall–Kier alpha value is -1.69. The molecule has 92 valence electrons. The summed E-state index contributed by atoms with van der Waals surface area (Å²) in [4.78, 5) is 2.41. The maximum Gasteiger partial charge on any atom is 0.132 e. The van der Waals surface area contributed by atoms with Crippen molar-refractivity contribution in [3.8, 4) is 0 Å². The van der Waals surface area contributed by atoms with Crippen molar-refractivity contribution in [1.29, 1.82) is 0 Å². The molecule has 0 fully saturated rings. The predicted molar refractivity (Wildman–Crippen MR) is 56.1 cm³/mol. The molecule has 5 nitrogen and oxygen atoms in total. The van der Waals surface area contributed by atoms with Gasteiger partial charge in [-0.3, -0.25) is 0 Å². The molecule has 0 heterocycles. The van der Waals surface area contributed by atoms with Crippen LogP contribution in [0.1, 0.15) is 17.2 Å². The summed E-state index contributed by atoms with van der Waals surface area (Å²) in [6, 6.07) is 1.74. The van der Waals surface area contributed by atoms with E-state index in [2.05, 4.69) is 10.0 Å². The summed E-state index contributed by atoms with van der Waals surface area (Å²) in [7, 11) is 0. The molecule has 0 aliphatic carbocycles. The fraction of sp³-hybridized carbons (Fsp3) is 0.400. The van der Waals surface area contributed by atoms with Gasteiger partial charge >= 0.3 is 0 Å². The molecule has 17 heavy (non-hydrogen) atoms. The first-order valence-electron chi connectivity index (χ1n) is 4.80. The number of benzene rings is 1. The number of aryl methyl sites for hydroxylation is 1. The number of nitrogens with zero attached hydrogens (tertiary/aromatic N) is 3. The highest BCUT2D eigenvalue weighted by molar-refractivity contribution is 5.28. The molecule has 1 aromatic rings. The van der Waals surface area contributed by atoms with Gasteiger partial charge < -0.3 is 10.2 Å². The van der Waals surface area contributed by atoms with Crippen molar-refractivity contribution in [2.45, 2.75) is 19.1 Å². The average molecular weight is 243 g/mol. The lowest BCUT2D eigenvalue weighted by Gasteiger charge is -2.17. The van der Waals surface area contributed by atoms with E-state index < -0.39 is 30.4 Å². The monoisotopic (exact) mass is 243 g/mol. The molecular formula is C10H11F2N3O2. The molecule has 7 heteroatoms. The summed E-state index contributed by atoms with van der Waals surface area (Å²) < 4.78 is 26.3. The zero-order chi connectivity index (χ0) is 13.0. The quantitative estimate of drug-likeness (QED) is 0.481. The van der Waals surface area contributed by atoms with Crippen molar-refractivity contribution in [3.63, 3.8) is 0 Å². The van der Waals surface area contributed by atoms with E-state index in [-0.39, 0.29) is 11.1 Å². The molecule has 1 rings (SSSR count). The molecule has 0 saturated heterocycles. The molecule has 0 aliphatic rings. The predicted octanol–water partition coefficient (Wildman–Crippen LogP) is 1.98. The highest BCUT2D eigenvalue weighted by Gasteiger charge is 2.22. The minimum absolute atomic E-state index is 0.149. The average Bonchev–Trinajstić information content (AvgIpc) is 2.29. The molecule has 0 radical (unpaired) electrons. The van der Waals surface area contributed by atoms with E-state index in [1.807, 2.05) is 0 Å². The summed E-state index contributed by atoms with van der Waals surface area (Å²) in [6.07, 6.45) is -3.01. The molecule has 0 saturated carbocycles. The van der Waals surface area contributed by atoms with Crippen LogP contribution in [0.25, 0.3) is 10.4 Å². The number of hydrogen-bond donors (Lipinski definition) is 2. The smallest absolute Gasteiger partial charge is 0.132 e. The van der Waals surface area contributed by atoms with Gasteiger partial charge in [0.25, 0.3) is 0 Å². The van der Waals surface area contributed by atoms with Crippen molar-refractivity contribution < 1.29 is 19.0 Å². The van der Waals surface area contributed by atoms with Crippen molar-refractivity contribution in [3.05, 3.63) is 45.3 Å². The molecular weight excluding hydrogens is 232 g/mol. The fourth-order valence-electron chi connectivity index (χ4n) is 1.33. The van der Waals surface area contributed by atoms with E-state index in [4.69, 9.17) is 5.53 Å². The highest BCUT2D eigenvalue weighted by atomic mass is 19.1. The molecule has 1 aromatic carbocycles. The lowest BCUT2D eigenvalue weighted by atomic mass is 10.0. The Kier molecular flexibility index (Phi) is 4.39. The third kappa shape index (κ3) is 3.13. The summed E-state index contributed by atoms with van der Waals surface area (Å²) in [5.74, 6) is -1.69. The van der Waals surface area contributed by atoms with Gasteiger partial charge in [-0.25, -0.2) is 8.78 Å². The van der Waals surface area contributed by atoms with Gasteiger partial charge in [0.15, 0.2) is 0 Å². The van der Waals surface area contributed by atoms with E-state index in [0.717, 1.165) is 6.07 Å². The Labute approximate surface area is 95.9 Å². The third-order valence-corrected chi connectivity index (χ3v) is 2.29. The Morgan fingerprint density at radius 1 is 1.35 bits per heavy atom. The minimum Gasteiger partial charge on any atom is -0.390 e. The standard InChI is InChI=1S/C10H11F2N3O2/c1-5-2-6(8(12)3-7(5)11)10(17)9(16)4-14-15-13/h2-3,9-10,16-17H,4H2,1H3. The third-order valence-electron chi connectivity index (χ3n) is 2.29. The topological polar surface area (TPSA) is 89.2 Å². The first-order chi connectivity index (χ1) is 7.97. The molecule has 0 aliphatic heterocycles. The Bertz CT molecular complexity index is 461. The molecule has 0 aromatic heterocycles. The molecule has 0 spiro atoms. The van der Waals surface area contributed by atoms with Crippen LogP contribution in [0.15, 0.2) is 17.2 Å². The second kappa shape index (κ2) is 5.58. The highest BCUT2D eigenvalue weighted by Crippen LogP contribution is 2.23. The van der Waals surface area contributed by atoms with Crippen LogP contribution >= 0.6 is 0 Å². The molecule has 2 unspecified atom stereocenters. The zero-order valence-corrected chi connectivity index (χ0v) is 9.01. The molecule has 2 atom stereocenters. The van der Waals surface area contributed by atoms with E-state index in [1.54, 1.807) is 0 Å². The van der Waals surface area contributed by atoms with Crippen molar-refractivity contribution in [2.75, 3.05) is 6.54 Å². The summed E-state index contributed by atoms with van der Waals surface area (Å²) >= 11 is 0. The first-order valence-corrected chi connectivity index (χ1v) is 4.80. The van der Waals surface area contributed by atoms with Gasteiger partial charge in [0.05, 0.1) is 12.6 Å². The zero-order valence-electron chi connectivity index (χ0n) is 9.01. The van der Waals surface area contributed by atoms with Crippen LogP contribution in [0.4, 0.5) is 8.78 Å². The number of hydrogen-bond acceptors (Lipinski definition) is 3. The maximum atomic E-state index is 13.3. The first kappa shape index (κ1) is 13.4. The number of halogens is 2. The second-order valence-corrected chi connectivity index (χ2v) is 3.55. The van der Waals surface area contributed by atoms with Gasteiger partial charge in [-0.2, -0.15) is 0 Å². The van der Waals surface area contributed by atoms with Crippen LogP contribution in [-0.4, -0.2) is 22.9 Å². The Morgan fingerprint density at radius 3 is 2.59 bits per heavy atom. The van der Waals surface area contributed by atoms with E-state index in [0.29, 0.717) is 6.07 Å². The van der Waals surface area contributed by atoms with Crippen molar-refractivity contribution >= 4 is 0 Å². The lowest BCUT2D eigenvalue weighted by molar-refractivity contribution is 0.0221. The number of aliphatic hydroxyl groups excluding tert-OH is 2. The minimum atomic E-state index is -1.57. The Balaban J connectivity index is 2.99. The summed E-state index contributed by atoms with van der Waals surface area (Å²) in [6.45, 7) is 1.01. The van der Waals surface area contributed by atoms with Crippen LogP contribution in [-0.2, 0) is 0 Å². The largest absolute Gasteiger partial charge is 0.390 e. The Morgan fingerprint density at radius 2 is 2.00 bits per heavy atom. The maximum absolute atomic E-state index is 13.3. The van der Waals surface area contributed by atoms with Crippen molar-refractivity contribution in [2.24, 2.45) is 5.11 Å². The fourth-order valence-corrected chi connectivity index (χ4v) is 1.33. The van der Waals surface area contributed by atoms with Gasteiger partial charge in [-0.15, -0.1) is 0 Å².